The summed E-state index contributed by atoms with van der Waals surface area (Å²) in [5.74, 6) is -2.79. The van der Waals surface area contributed by atoms with Crippen LogP contribution in [0.3, 0.4) is 0 Å². The summed E-state index contributed by atoms with van der Waals surface area (Å²) in [5.41, 5.74) is 6.40. The molecule has 0 aliphatic heterocycles. The molecule has 26 heavy (non-hydrogen) atoms. The third-order valence-corrected chi connectivity index (χ3v) is 3.97. The molecular formula is C18H27N3O5. The van der Waals surface area contributed by atoms with Crippen LogP contribution in [0.25, 0.3) is 0 Å². The van der Waals surface area contributed by atoms with Crippen LogP contribution in [0, 0.1) is 5.92 Å². The molecule has 4 atom stereocenters. The fourth-order valence-electron chi connectivity index (χ4n) is 2.31. The first-order chi connectivity index (χ1) is 12.1. The molecule has 2 amide bonds. The van der Waals surface area contributed by atoms with Gasteiger partial charge in [-0.3, -0.25) is 9.59 Å². The number of rotatable bonds is 9. The molecule has 0 radical (unpaired) electrons. The van der Waals surface area contributed by atoms with Gasteiger partial charge in [0.1, 0.15) is 18.1 Å². The van der Waals surface area contributed by atoms with Crippen LogP contribution in [-0.4, -0.2) is 52.2 Å². The lowest BCUT2D eigenvalue weighted by Crippen LogP contribution is -2.57. The molecule has 6 N–H and O–H groups in total. The van der Waals surface area contributed by atoms with Crippen molar-refractivity contribution in [2.45, 2.75) is 51.4 Å². The lowest BCUT2D eigenvalue weighted by atomic mass is 10.0. The number of aliphatic hydroxyl groups excluding tert-OH is 1. The number of hydrogen-bond acceptors (Lipinski definition) is 5. The number of aliphatic carboxylic acids is 1. The minimum atomic E-state index is -1.19. The van der Waals surface area contributed by atoms with Crippen molar-refractivity contribution in [1.29, 1.82) is 0 Å². The standard InChI is InChI=1S/C18H27N3O5/c1-10(2)15(18(25)26)21-16(23)13(9-12-7-5-4-6-8-12)20-17(24)14(19)11(3)22/h4-8,10-11,13-15,22H,9,19H2,1-3H3,(H,20,24)(H,21,23)(H,25,26). The summed E-state index contributed by atoms with van der Waals surface area (Å²) in [4.78, 5) is 36.1. The van der Waals surface area contributed by atoms with E-state index in [0.717, 1.165) is 5.56 Å². The van der Waals surface area contributed by atoms with Gasteiger partial charge < -0.3 is 26.6 Å². The molecule has 0 aliphatic carbocycles. The molecule has 0 aliphatic rings. The van der Waals surface area contributed by atoms with Crippen molar-refractivity contribution in [2.75, 3.05) is 0 Å². The Morgan fingerprint density at radius 2 is 1.62 bits per heavy atom. The highest BCUT2D eigenvalue weighted by atomic mass is 16.4. The number of benzene rings is 1. The van der Waals surface area contributed by atoms with Crippen LogP contribution >= 0.6 is 0 Å². The van der Waals surface area contributed by atoms with E-state index < -0.39 is 42.0 Å². The molecule has 8 nitrogen and oxygen atoms in total. The van der Waals surface area contributed by atoms with Gasteiger partial charge in [0.15, 0.2) is 0 Å². The first-order valence-electron chi connectivity index (χ1n) is 8.44. The second kappa shape index (κ2) is 9.88. The van der Waals surface area contributed by atoms with Crippen molar-refractivity contribution < 1.29 is 24.6 Å². The van der Waals surface area contributed by atoms with Crippen molar-refractivity contribution in [1.82, 2.24) is 10.6 Å². The van der Waals surface area contributed by atoms with E-state index in [4.69, 9.17) is 5.73 Å². The van der Waals surface area contributed by atoms with Crippen molar-refractivity contribution in [3.63, 3.8) is 0 Å². The number of carbonyl (C=O) groups excluding carboxylic acids is 2. The topological polar surface area (TPSA) is 142 Å². The van der Waals surface area contributed by atoms with Crippen LogP contribution in [0.2, 0.25) is 0 Å². The number of nitrogens with one attached hydrogen (secondary N) is 2. The summed E-state index contributed by atoms with van der Waals surface area (Å²) in [6.45, 7) is 4.72. The van der Waals surface area contributed by atoms with Gasteiger partial charge in [-0.2, -0.15) is 0 Å². The van der Waals surface area contributed by atoms with Crippen LogP contribution in [0.1, 0.15) is 26.3 Å². The lowest BCUT2D eigenvalue weighted by molar-refractivity contribution is -0.143. The summed E-state index contributed by atoms with van der Waals surface area (Å²) in [6, 6.07) is 5.69. The lowest BCUT2D eigenvalue weighted by Gasteiger charge is -2.25. The monoisotopic (exact) mass is 365 g/mol. The van der Waals surface area contributed by atoms with Gasteiger partial charge in [-0.15, -0.1) is 0 Å². The fraction of sp³-hybridized carbons (Fsp3) is 0.500. The molecular weight excluding hydrogens is 338 g/mol. The molecule has 1 aromatic carbocycles. The molecule has 0 saturated heterocycles. The van der Waals surface area contributed by atoms with E-state index in [9.17, 15) is 24.6 Å². The Bertz CT molecular complexity index is 619. The molecule has 0 spiro atoms. The molecule has 0 aromatic heterocycles. The summed E-state index contributed by atoms with van der Waals surface area (Å²) in [5, 5.41) is 23.7. The minimum Gasteiger partial charge on any atom is -0.480 e. The van der Waals surface area contributed by atoms with E-state index >= 15 is 0 Å². The first-order valence-corrected chi connectivity index (χ1v) is 8.44. The molecule has 8 heteroatoms. The maximum atomic E-state index is 12.6. The summed E-state index contributed by atoms with van der Waals surface area (Å²) < 4.78 is 0. The summed E-state index contributed by atoms with van der Waals surface area (Å²) in [6.07, 6.45) is -0.923. The van der Waals surface area contributed by atoms with Gasteiger partial charge in [0.25, 0.3) is 0 Å². The van der Waals surface area contributed by atoms with Gasteiger partial charge in [-0.1, -0.05) is 44.2 Å². The van der Waals surface area contributed by atoms with Gasteiger partial charge in [0.05, 0.1) is 6.10 Å². The largest absolute Gasteiger partial charge is 0.480 e. The average molecular weight is 365 g/mol. The molecule has 0 fully saturated rings. The van der Waals surface area contributed by atoms with Crippen LogP contribution in [0.5, 0.6) is 0 Å². The molecule has 144 valence electrons. The number of carboxylic acid groups (broad SMARTS) is 1. The van der Waals surface area contributed by atoms with Gasteiger partial charge >= 0.3 is 5.97 Å². The van der Waals surface area contributed by atoms with E-state index in [0.29, 0.717) is 0 Å². The molecule has 4 unspecified atom stereocenters. The SMILES string of the molecule is CC(C)C(NC(=O)C(Cc1ccccc1)NC(=O)C(N)C(C)O)C(=O)O. The predicted molar refractivity (Wildman–Crippen MR) is 96.1 cm³/mol. The first kappa shape index (κ1) is 21.6. The minimum absolute atomic E-state index is 0.162. The maximum absolute atomic E-state index is 12.6. The summed E-state index contributed by atoms with van der Waals surface area (Å²) >= 11 is 0. The number of aliphatic hydroxyl groups is 1. The number of hydrogen-bond donors (Lipinski definition) is 5. The smallest absolute Gasteiger partial charge is 0.326 e. The number of carbonyl (C=O) groups is 3. The van der Waals surface area contributed by atoms with E-state index in [-0.39, 0.29) is 12.3 Å². The molecule has 0 saturated carbocycles. The average Bonchev–Trinajstić information content (AvgIpc) is 2.58. The van der Waals surface area contributed by atoms with Crippen LogP contribution < -0.4 is 16.4 Å². The summed E-state index contributed by atoms with van der Waals surface area (Å²) in [7, 11) is 0. The Balaban J connectivity index is 2.97. The zero-order valence-electron chi connectivity index (χ0n) is 15.2. The van der Waals surface area contributed by atoms with E-state index in [1.165, 1.54) is 6.92 Å². The highest BCUT2D eigenvalue weighted by Gasteiger charge is 2.30. The third kappa shape index (κ3) is 6.45. The molecule has 0 heterocycles. The highest BCUT2D eigenvalue weighted by molar-refractivity contribution is 5.92. The zero-order valence-corrected chi connectivity index (χ0v) is 15.2. The van der Waals surface area contributed by atoms with Gasteiger partial charge in [-0.25, -0.2) is 4.79 Å². The van der Waals surface area contributed by atoms with Gasteiger partial charge in [0.2, 0.25) is 11.8 Å². The van der Waals surface area contributed by atoms with Gasteiger partial charge in [-0.05, 0) is 18.4 Å². The quantitative estimate of drug-likeness (QED) is 0.405. The van der Waals surface area contributed by atoms with Crippen molar-refractivity contribution in [3.05, 3.63) is 35.9 Å². The number of amides is 2. The maximum Gasteiger partial charge on any atom is 0.326 e. The molecule has 1 rings (SSSR count). The Labute approximate surface area is 152 Å². The Morgan fingerprint density at radius 3 is 2.08 bits per heavy atom. The van der Waals surface area contributed by atoms with Crippen LogP contribution in [-0.2, 0) is 20.8 Å². The van der Waals surface area contributed by atoms with E-state index in [2.05, 4.69) is 10.6 Å². The van der Waals surface area contributed by atoms with E-state index in [1.54, 1.807) is 38.1 Å². The van der Waals surface area contributed by atoms with E-state index in [1.807, 2.05) is 6.07 Å². The Morgan fingerprint density at radius 1 is 1.04 bits per heavy atom. The van der Waals surface area contributed by atoms with Crippen LogP contribution in [0.15, 0.2) is 30.3 Å². The third-order valence-electron chi connectivity index (χ3n) is 3.97. The molecule has 0 bridgehead atoms. The second-order valence-corrected chi connectivity index (χ2v) is 6.59. The normalized spacial score (nSPS) is 15.6. The van der Waals surface area contributed by atoms with Crippen molar-refractivity contribution >= 4 is 17.8 Å². The second-order valence-electron chi connectivity index (χ2n) is 6.59. The van der Waals surface area contributed by atoms with Crippen molar-refractivity contribution in [2.24, 2.45) is 11.7 Å². The predicted octanol–water partition coefficient (Wildman–Crippen LogP) is -0.353. The fourth-order valence-corrected chi connectivity index (χ4v) is 2.31. The number of nitrogens with two attached hydrogens (primary N) is 1. The highest BCUT2D eigenvalue weighted by Crippen LogP contribution is 2.07. The van der Waals surface area contributed by atoms with Crippen molar-refractivity contribution in [3.8, 4) is 0 Å². The van der Waals surface area contributed by atoms with Crippen LogP contribution in [0.4, 0.5) is 0 Å². The molecule has 1 aromatic rings. The number of carboxylic acids is 1. The van der Waals surface area contributed by atoms with Gasteiger partial charge in [0, 0.05) is 6.42 Å². The Hall–Kier alpha value is -2.45. The zero-order chi connectivity index (χ0) is 19.9. The Kier molecular flexibility index (Phi) is 8.21.